The van der Waals surface area contributed by atoms with Crippen LogP contribution in [0.5, 0.6) is 0 Å². The zero-order chi connectivity index (χ0) is 24.7. The zero-order valence-corrected chi connectivity index (χ0v) is 21.1. The van der Waals surface area contributed by atoms with E-state index in [0.29, 0.717) is 16.3 Å². The number of Topliss-reactive ketones (excluding diaryl/α,β-unsaturated/α-hetero) is 1. The minimum atomic E-state index is -0.147. The molecule has 0 atom stereocenters. The Morgan fingerprint density at radius 2 is 1.74 bits per heavy atom. The van der Waals surface area contributed by atoms with E-state index in [1.165, 1.54) is 11.8 Å². The smallest absolute Gasteiger partial charge is 0.267 e. The molecule has 7 nitrogen and oxygen atoms in total. The van der Waals surface area contributed by atoms with Gasteiger partial charge >= 0.3 is 0 Å². The highest BCUT2D eigenvalue weighted by atomic mass is 32.2. The number of aryl methyl sites for hydroxylation is 2. The lowest BCUT2D eigenvalue weighted by Crippen LogP contribution is -2.22. The van der Waals surface area contributed by atoms with Crippen LogP contribution in [0.2, 0.25) is 0 Å². The first-order valence-electron chi connectivity index (χ1n) is 11.7. The van der Waals surface area contributed by atoms with Gasteiger partial charge in [0.05, 0.1) is 22.3 Å². The summed E-state index contributed by atoms with van der Waals surface area (Å²) in [4.78, 5) is 26.7. The molecule has 0 unspecified atom stereocenters. The summed E-state index contributed by atoms with van der Waals surface area (Å²) in [5.41, 5.74) is 5.14. The monoisotopic (exact) mass is 485 g/mol. The van der Waals surface area contributed by atoms with Crippen LogP contribution in [0.1, 0.15) is 40.7 Å². The number of fused-ring (bicyclic) bond motifs is 3. The lowest BCUT2D eigenvalue weighted by atomic mass is 10.2. The molecule has 0 saturated heterocycles. The number of rotatable bonds is 7. The van der Waals surface area contributed by atoms with Gasteiger partial charge in [-0.3, -0.25) is 14.0 Å². The van der Waals surface area contributed by atoms with Crippen LogP contribution < -0.4 is 5.56 Å². The zero-order valence-electron chi connectivity index (χ0n) is 20.3. The Morgan fingerprint density at radius 3 is 2.51 bits per heavy atom. The molecule has 0 spiro atoms. The van der Waals surface area contributed by atoms with Crippen molar-refractivity contribution in [1.82, 2.24) is 23.7 Å². The SMILES string of the molecule is CCCn1c(C)cc(C(=O)CSc2nnc3n(-c4ccccc4C)c(=O)c4ccccc4n23)c1C. The fourth-order valence-electron chi connectivity index (χ4n) is 4.66. The second-order valence-corrected chi connectivity index (χ2v) is 9.65. The predicted octanol–water partition coefficient (Wildman–Crippen LogP) is 5.15. The van der Waals surface area contributed by atoms with Gasteiger partial charge in [0.25, 0.3) is 5.56 Å². The van der Waals surface area contributed by atoms with Gasteiger partial charge < -0.3 is 4.57 Å². The number of carbonyl (C=O) groups is 1. The molecule has 3 aromatic heterocycles. The van der Waals surface area contributed by atoms with Crippen molar-refractivity contribution in [2.24, 2.45) is 0 Å². The largest absolute Gasteiger partial charge is 0.348 e. The highest BCUT2D eigenvalue weighted by molar-refractivity contribution is 7.99. The maximum atomic E-state index is 13.5. The van der Waals surface area contributed by atoms with Gasteiger partial charge in [-0.05, 0) is 57.0 Å². The number of hydrogen-bond acceptors (Lipinski definition) is 5. The number of nitrogens with zero attached hydrogens (tertiary/aromatic N) is 5. The molecule has 0 aliphatic heterocycles. The predicted molar refractivity (Wildman–Crippen MR) is 140 cm³/mol. The Balaban J connectivity index is 1.59. The number of carbonyl (C=O) groups excluding carboxylic acids is 1. The maximum Gasteiger partial charge on any atom is 0.267 e. The summed E-state index contributed by atoms with van der Waals surface area (Å²) < 4.78 is 5.68. The van der Waals surface area contributed by atoms with Crippen molar-refractivity contribution in [3.8, 4) is 5.69 Å². The molecule has 0 saturated carbocycles. The molecule has 0 aliphatic rings. The Labute approximate surface area is 207 Å². The van der Waals surface area contributed by atoms with Crippen LogP contribution in [-0.2, 0) is 6.54 Å². The van der Waals surface area contributed by atoms with Crippen molar-refractivity contribution in [1.29, 1.82) is 0 Å². The Bertz CT molecular complexity index is 1640. The number of thioether (sulfide) groups is 1. The lowest BCUT2D eigenvalue weighted by Gasteiger charge is -2.13. The third-order valence-electron chi connectivity index (χ3n) is 6.40. The van der Waals surface area contributed by atoms with Crippen molar-refractivity contribution >= 4 is 34.2 Å². The van der Waals surface area contributed by atoms with Gasteiger partial charge in [-0.1, -0.05) is 49.0 Å². The number of aromatic nitrogens is 5. The second kappa shape index (κ2) is 9.19. The summed E-state index contributed by atoms with van der Waals surface area (Å²) >= 11 is 1.34. The average molecular weight is 486 g/mol. The minimum Gasteiger partial charge on any atom is -0.348 e. The van der Waals surface area contributed by atoms with Gasteiger partial charge in [-0.25, -0.2) is 4.57 Å². The van der Waals surface area contributed by atoms with Gasteiger partial charge in [0, 0.05) is 23.5 Å². The molecule has 35 heavy (non-hydrogen) atoms. The van der Waals surface area contributed by atoms with Crippen molar-refractivity contribution in [2.45, 2.75) is 45.8 Å². The molecule has 0 N–H and O–H groups in total. The molecule has 5 rings (SSSR count). The van der Waals surface area contributed by atoms with E-state index in [-0.39, 0.29) is 17.1 Å². The van der Waals surface area contributed by atoms with E-state index in [1.807, 2.05) is 79.8 Å². The van der Waals surface area contributed by atoms with E-state index in [9.17, 15) is 9.59 Å². The molecule has 0 fully saturated rings. The van der Waals surface area contributed by atoms with Crippen LogP contribution in [0.4, 0.5) is 0 Å². The number of ketones is 1. The molecule has 5 aromatic rings. The van der Waals surface area contributed by atoms with E-state index in [2.05, 4.69) is 21.7 Å². The lowest BCUT2D eigenvalue weighted by molar-refractivity contribution is 0.102. The fraction of sp³-hybridized carbons (Fsp3) is 0.259. The average Bonchev–Trinajstić information content (AvgIpc) is 3.40. The number of hydrogen-bond donors (Lipinski definition) is 0. The second-order valence-electron chi connectivity index (χ2n) is 8.71. The van der Waals surface area contributed by atoms with Crippen LogP contribution in [-0.4, -0.2) is 35.3 Å². The summed E-state index contributed by atoms with van der Waals surface area (Å²) in [5.74, 6) is 0.715. The van der Waals surface area contributed by atoms with E-state index < -0.39 is 0 Å². The highest BCUT2D eigenvalue weighted by Crippen LogP contribution is 2.26. The fourth-order valence-corrected chi connectivity index (χ4v) is 5.49. The van der Waals surface area contributed by atoms with Crippen LogP contribution in [0.25, 0.3) is 22.4 Å². The summed E-state index contributed by atoms with van der Waals surface area (Å²) in [7, 11) is 0. The van der Waals surface area contributed by atoms with E-state index in [4.69, 9.17) is 0 Å². The van der Waals surface area contributed by atoms with Gasteiger partial charge in [-0.15, -0.1) is 10.2 Å². The molecular formula is C27H27N5O2S. The first kappa shape index (κ1) is 23.1. The van der Waals surface area contributed by atoms with Gasteiger partial charge in [-0.2, -0.15) is 0 Å². The minimum absolute atomic E-state index is 0.0544. The Hall–Kier alpha value is -3.65. The molecular weight excluding hydrogens is 458 g/mol. The molecule has 0 amide bonds. The Morgan fingerprint density at radius 1 is 1.00 bits per heavy atom. The summed E-state index contributed by atoms with van der Waals surface area (Å²) in [6, 6.07) is 17.1. The molecule has 0 aliphatic carbocycles. The standard InChI is InChI=1S/C27H27N5O2S/c1-5-14-30-18(3)15-21(19(30)4)24(33)16-35-27-29-28-26-31(22-12-8-6-10-17(22)2)25(34)20-11-7-9-13-23(20)32(26)27/h6-13,15H,5,14,16H2,1-4H3. The van der Waals surface area contributed by atoms with Crippen LogP contribution >= 0.6 is 11.8 Å². The molecule has 178 valence electrons. The third kappa shape index (κ3) is 3.87. The van der Waals surface area contributed by atoms with Crippen molar-refractivity contribution in [2.75, 3.05) is 5.75 Å². The normalized spacial score (nSPS) is 11.5. The van der Waals surface area contributed by atoms with Crippen LogP contribution in [0.3, 0.4) is 0 Å². The van der Waals surface area contributed by atoms with Crippen LogP contribution in [0, 0.1) is 20.8 Å². The first-order chi connectivity index (χ1) is 16.9. The summed E-state index contributed by atoms with van der Waals surface area (Å²) in [6.45, 7) is 9.03. The molecule has 8 heteroatoms. The van der Waals surface area contributed by atoms with Gasteiger partial charge in [0.2, 0.25) is 5.78 Å². The summed E-state index contributed by atoms with van der Waals surface area (Å²) in [5, 5.41) is 9.95. The molecule has 0 bridgehead atoms. The molecule has 2 aromatic carbocycles. The van der Waals surface area contributed by atoms with E-state index in [0.717, 1.165) is 46.7 Å². The van der Waals surface area contributed by atoms with Gasteiger partial charge in [0.15, 0.2) is 10.9 Å². The van der Waals surface area contributed by atoms with Crippen molar-refractivity contribution in [3.63, 3.8) is 0 Å². The highest BCUT2D eigenvalue weighted by Gasteiger charge is 2.21. The van der Waals surface area contributed by atoms with Crippen molar-refractivity contribution in [3.05, 3.63) is 87.5 Å². The molecule has 0 radical (unpaired) electrons. The number of para-hydroxylation sites is 2. The van der Waals surface area contributed by atoms with Crippen LogP contribution in [0.15, 0.2) is 64.5 Å². The first-order valence-corrected chi connectivity index (χ1v) is 12.7. The number of benzene rings is 2. The Kier molecular flexibility index (Phi) is 6.06. The van der Waals surface area contributed by atoms with E-state index in [1.54, 1.807) is 4.57 Å². The third-order valence-corrected chi connectivity index (χ3v) is 7.33. The maximum absolute atomic E-state index is 13.5. The quantitative estimate of drug-likeness (QED) is 0.236. The summed E-state index contributed by atoms with van der Waals surface area (Å²) in [6.07, 6.45) is 1.01. The molecule has 3 heterocycles. The van der Waals surface area contributed by atoms with Crippen molar-refractivity contribution < 1.29 is 4.79 Å². The van der Waals surface area contributed by atoms with Gasteiger partial charge in [0.1, 0.15) is 0 Å². The van der Waals surface area contributed by atoms with E-state index >= 15 is 0 Å². The topological polar surface area (TPSA) is 74.2 Å².